The fourth-order valence-corrected chi connectivity index (χ4v) is 6.18. The van der Waals surface area contributed by atoms with Crippen molar-refractivity contribution < 1.29 is 13.7 Å². The number of hydrogen-bond donors (Lipinski definition) is 3. The number of aromatic nitrogens is 2. The molecule has 2 amide bonds. The smallest absolute Gasteiger partial charge is 0.354 e. The minimum Gasteiger partial charge on any atom is -0.475 e. The third-order valence-corrected chi connectivity index (χ3v) is 8.08. The molecule has 0 bridgehead atoms. The molecule has 2 aliphatic carbocycles. The number of likely N-dealkylation sites (N-methyl/N-ethyl adjacent to an activating group) is 1. The average Bonchev–Trinajstić information content (AvgIpc) is 3.46. The van der Waals surface area contributed by atoms with Gasteiger partial charge in [0.05, 0.1) is 18.8 Å². The Bertz CT molecular complexity index is 1200. The van der Waals surface area contributed by atoms with E-state index in [0.29, 0.717) is 24.9 Å². The van der Waals surface area contributed by atoms with E-state index in [-0.39, 0.29) is 10.9 Å². The van der Waals surface area contributed by atoms with Crippen LogP contribution in [-0.2, 0) is 35.7 Å². The van der Waals surface area contributed by atoms with Gasteiger partial charge in [-0.3, -0.25) is 0 Å². The molecule has 9 nitrogen and oxygen atoms in total. The van der Waals surface area contributed by atoms with Crippen molar-refractivity contribution >= 4 is 21.6 Å². The molecule has 3 aliphatic rings. The second-order valence-corrected chi connectivity index (χ2v) is 10.7. The number of nitrogens with one attached hydrogen (secondary N) is 2. The summed E-state index contributed by atoms with van der Waals surface area (Å²) < 4.78 is 24.5. The Kier molecular flexibility index (Phi) is 5.47. The van der Waals surface area contributed by atoms with Crippen molar-refractivity contribution in [2.75, 3.05) is 18.5 Å². The molecular weight excluding hydrogens is 428 g/mol. The molecule has 1 aliphatic heterocycles. The van der Waals surface area contributed by atoms with Gasteiger partial charge in [-0.25, -0.2) is 18.8 Å². The predicted molar refractivity (Wildman–Crippen MR) is 122 cm³/mol. The second-order valence-electron chi connectivity index (χ2n) is 8.90. The molecule has 4 N–H and O–H groups in total. The molecule has 0 saturated heterocycles. The summed E-state index contributed by atoms with van der Waals surface area (Å²) in [6, 6.07) is 1.73. The maximum atomic E-state index is 13.2. The van der Waals surface area contributed by atoms with Crippen LogP contribution in [0.15, 0.2) is 21.5 Å². The summed E-state index contributed by atoms with van der Waals surface area (Å²) in [4.78, 5) is 13.0. The van der Waals surface area contributed by atoms with E-state index in [1.54, 1.807) is 4.68 Å². The average molecular weight is 459 g/mol. The Labute approximate surface area is 188 Å². The number of amides is 2. The highest BCUT2D eigenvalue weighted by Crippen LogP contribution is 2.43. The van der Waals surface area contributed by atoms with Crippen LogP contribution in [0.2, 0.25) is 0 Å². The minimum atomic E-state index is -3.51. The number of hydrogen-bond acceptors (Lipinski definition) is 5. The number of carbonyl (C=O) groups is 1. The lowest BCUT2D eigenvalue weighted by Gasteiger charge is -2.25. The lowest BCUT2D eigenvalue weighted by molar-refractivity contribution is 0.180. The van der Waals surface area contributed by atoms with Crippen LogP contribution < -0.4 is 20.5 Å². The van der Waals surface area contributed by atoms with Gasteiger partial charge in [-0.1, -0.05) is 19.9 Å². The topological polar surface area (TPSA) is 124 Å². The van der Waals surface area contributed by atoms with Crippen LogP contribution in [0.5, 0.6) is 5.88 Å². The number of carbonyl (C=O) groups excluding carboxylic acids is 1. The maximum Gasteiger partial charge on any atom is 0.354 e. The van der Waals surface area contributed by atoms with Gasteiger partial charge in [-0.15, -0.1) is 4.36 Å². The van der Waals surface area contributed by atoms with Crippen molar-refractivity contribution in [3.8, 4) is 5.88 Å². The van der Waals surface area contributed by atoms with Gasteiger partial charge in [-0.05, 0) is 66.8 Å². The summed E-state index contributed by atoms with van der Waals surface area (Å²) in [5.74, 6) is 0.794. The number of fused-ring (bicyclic) bond motifs is 3. The van der Waals surface area contributed by atoms with Crippen LogP contribution in [0.4, 0.5) is 10.5 Å². The number of nitrogens with zero attached hydrogens (tertiary/aromatic N) is 3. The molecule has 3 atom stereocenters. The fraction of sp³-hybridized carbons (Fsp3) is 0.545. The van der Waals surface area contributed by atoms with Gasteiger partial charge in [-0.2, -0.15) is 5.10 Å². The second kappa shape index (κ2) is 8.17. The largest absolute Gasteiger partial charge is 0.475 e. The molecule has 2 heterocycles. The lowest BCUT2D eigenvalue weighted by atomic mass is 9.96. The van der Waals surface area contributed by atoms with Gasteiger partial charge in [0.1, 0.15) is 11.5 Å². The highest BCUT2D eigenvalue weighted by Gasteiger charge is 2.30. The first kappa shape index (κ1) is 21.4. The first-order valence-electron chi connectivity index (χ1n) is 11.3. The van der Waals surface area contributed by atoms with Crippen molar-refractivity contribution in [3.63, 3.8) is 0 Å². The number of rotatable bonds is 4. The van der Waals surface area contributed by atoms with Gasteiger partial charge >= 0.3 is 6.03 Å². The Hall–Kier alpha value is -2.43. The molecule has 0 saturated carbocycles. The van der Waals surface area contributed by atoms with Crippen molar-refractivity contribution in [1.29, 1.82) is 0 Å². The van der Waals surface area contributed by atoms with E-state index in [4.69, 9.17) is 9.88 Å². The van der Waals surface area contributed by atoms with Gasteiger partial charge in [0, 0.05) is 5.69 Å². The number of aryl methyl sites for hydroxylation is 1. The summed E-state index contributed by atoms with van der Waals surface area (Å²) >= 11 is 0. The SMILES string of the molecule is CCNC1COc2c(S(N)(=O)=NC(=O)Nc3c4c(cc5c3CCC5C)CCC4)cnn2C1. The third kappa shape index (κ3) is 3.70. The maximum absolute atomic E-state index is 13.2. The van der Waals surface area contributed by atoms with E-state index in [9.17, 15) is 9.00 Å². The van der Waals surface area contributed by atoms with Crippen molar-refractivity contribution in [2.45, 2.75) is 69.4 Å². The molecule has 10 heteroatoms. The zero-order valence-electron chi connectivity index (χ0n) is 18.5. The van der Waals surface area contributed by atoms with Gasteiger partial charge < -0.3 is 15.4 Å². The molecule has 3 unspecified atom stereocenters. The third-order valence-electron chi connectivity index (χ3n) is 6.73. The van der Waals surface area contributed by atoms with Crippen molar-refractivity contribution in [1.82, 2.24) is 15.1 Å². The van der Waals surface area contributed by atoms with Crippen molar-refractivity contribution in [2.24, 2.45) is 9.50 Å². The summed E-state index contributed by atoms with van der Waals surface area (Å²) in [5, 5.41) is 16.5. The summed E-state index contributed by atoms with van der Waals surface area (Å²) in [6.07, 6.45) is 6.42. The van der Waals surface area contributed by atoms with E-state index in [1.165, 1.54) is 28.5 Å². The monoisotopic (exact) mass is 458 g/mol. The van der Waals surface area contributed by atoms with Crippen LogP contribution in [0.25, 0.3) is 0 Å². The van der Waals surface area contributed by atoms with Crippen LogP contribution in [0, 0.1) is 0 Å². The molecule has 2 aromatic rings. The van der Waals surface area contributed by atoms with Gasteiger partial charge in [0.15, 0.2) is 9.92 Å². The Morgan fingerprint density at radius 2 is 2.22 bits per heavy atom. The van der Waals surface area contributed by atoms with E-state index in [2.05, 4.69) is 33.1 Å². The standard InChI is InChI=1S/C22H30N6O3S/c1-3-24-15-11-28-21(31-12-15)19(10-25-28)32(23,30)27-22(29)26-20-16-6-4-5-14(16)9-18-13(2)7-8-17(18)20/h9-10,13,15,24H,3-8,11-12H2,1-2H3,(H3,23,26,27,29,30). The first-order valence-corrected chi connectivity index (χ1v) is 12.9. The van der Waals surface area contributed by atoms with Gasteiger partial charge in [0.2, 0.25) is 5.88 Å². The van der Waals surface area contributed by atoms with Crippen LogP contribution in [-0.4, -0.2) is 39.2 Å². The molecule has 5 rings (SSSR count). The molecule has 1 aromatic heterocycles. The molecule has 32 heavy (non-hydrogen) atoms. The number of nitrogens with two attached hydrogens (primary N) is 1. The number of ether oxygens (including phenoxy) is 1. The summed E-state index contributed by atoms with van der Waals surface area (Å²) in [5.41, 5.74) is 5.83. The molecular formula is C22H30N6O3S. The molecule has 0 radical (unpaired) electrons. The zero-order chi connectivity index (χ0) is 22.5. The fourth-order valence-electron chi connectivity index (χ4n) is 5.18. The van der Waals surface area contributed by atoms with Crippen LogP contribution in [0.3, 0.4) is 0 Å². The molecule has 0 fully saturated rings. The lowest BCUT2D eigenvalue weighted by Crippen LogP contribution is -2.42. The Balaban J connectivity index is 1.43. The van der Waals surface area contributed by atoms with Crippen LogP contribution in [0.1, 0.15) is 54.9 Å². The quantitative estimate of drug-likeness (QED) is 0.650. The Morgan fingerprint density at radius 3 is 3.03 bits per heavy atom. The van der Waals surface area contributed by atoms with E-state index >= 15 is 0 Å². The Morgan fingerprint density at radius 1 is 1.38 bits per heavy atom. The highest BCUT2D eigenvalue weighted by molar-refractivity contribution is 7.91. The summed E-state index contributed by atoms with van der Waals surface area (Å²) in [7, 11) is -3.51. The minimum absolute atomic E-state index is 0.110. The molecule has 1 aromatic carbocycles. The molecule has 172 valence electrons. The van der Waals surface area contributed by atoms with Gasteiger partial charge in [0.25, 0.3) is 0 Å². The summed E-state index contributed by atoms with van der Waals surface area (Å²) in [6.45, 7) is 6.04. The van der Waals surface area contributed by atoms with Crippen LogP contribution >= 0.6 is 0 Å². The van der Waals surface area contributed by atoms with E-state index in [0.717, 1.165) is 44.3 Å². The van der Waals surface area contributed by atoms with E-state index in [1.807, 2.05) is 6.92 Å². The first-order chi connectivity index (χ1) is 15.4. The highest BCUT2D eigenvalue weighted by atomic mass is 32.2. The number of anilines is 1. The zero-order valence-corrected chi connectivity index (χ0v) is 19.3. The van der Waals surface area contributed by atoms with E-state index < -0.39 is 15.9 Å². The normalized spacial score (nSPS) is 23.0. The number of urea groups is 1. The molecule has 0 spiro atoms. The predicted octanol–water partition coefficient (Wildman–Crippen LogP) is 2.72. The number of benzene rings is 1. The van der Waals surface area contributed by atoms with Crippen molar-refractivity contribution in [3.05, 3.63) is 34.5 Å².